The van der Waals surface area contributed by atoms with Gasteiger partial charge < -0.3 is 11.6 Å². The van der Waals surface area contributed by atoms with Gasteiger partial charge in [0.2, 0.25) is 0 Å². The van der Waals surface area contributed by atoms with E-state index in [1.807, 2.05) is 30.5 Å². The summed E-state index contributed by atoms with van der Waals surface area (Å²) in [4.78, 5) is 8.86. The molecule has 5 heteroatoms. The summed E-state index contributed by atoms with van der Waals surface area (Å²) < 4.78 is 1.47. The van der Waals surface area contributed by atoms with Crippen molar-refractivity contribution in [2.45, 2.75) is 19.8 Å². The maximum Gasteiger partial charge on any atom is 0.150 e. The van der Waals surface area contributed by atoms with Gasteiger partial charge in [0.1, 0.15) is 11.5 Å². The summed E-state index contributed by atoms with van der Waals surface area (Å²) in [6, 6.07) is 8.05. The molecular formula is C15H17N5. The largest absolute Gasteiger partial charge is 0.382 e. The second kappa shape index (κ2) is 4.85. The van der Waals surface area contributed by atoms with Crippen molar-refractivity contribution in [1.29, 1.82) is 0 Å². The molecule has 2 aromatic heterocycles. The first-order valence-electron chi connectivity index (χ1n) is 6.67. The number of hydrogen-bond donors (Lipinski definition) is 2. The molecule has 0 saturated heterocycles. The van der Waals surface area contributed by atoms with E-state index in [0.29, 0.717) is 11.5 Å². The van der Waals surface area contributed by atoms with E-state index < -0.39 is 0 Å². The minimum absolute atomic E-state index is 0.478. The molecule has 0 bridgehead atoms. The number of aromatic nitrogens is 3. The molecule has 5 nitrogen and oxygen atoms in total. The summed E-state index contributed by atoms with van der Waals surface area (Å²) in [6.07, 6.45) is 5.40. The van der Waals surface area contributed by atoms with Crippen molar-refractivity contribution in [2.75, 3.05) is 11.6 Å². The predicted molar refractivity (Wildman–Crippen MR) is 81.5 cm³/mol. The van der Waals surface area contributed by atoms with Crippen molar-refractivity contribution in [2.24, 2.45) is 0 Å². The van der Waals surface area contributed by atoms with Crippen molar-refractivity contribution < 1.29 is 0 Å². The molecule has 0 unspecified atom stereocenters. The van der Waals surface area contributed by atoms with Crippen molar-refractivity contribution >= 4 is 16.6 Å². The lowest BCUT2D eigenvalue weighted by molar-refractivity contribution is 0.794. The van der Waals surface area contributed by atoms with Gasteiger partial charge in [-0.1, -0.05) is 31.2 Å². The van der Waals surface area contributed by atoms with E-state index in [1.54, 1.807) is 6.20 Å². The Morgan fingerprint density at radius 3 is 2.80 bits per heavy atom. The molecule has 4 N–H and O–H groups in total. The fourth-order valence-electron chi connectivity index (χ4n) is 2.40. The van der Waals surface area contributed by atoms with Crippen LogP contribution >= 0.6 is 0 Å². The van der Waals surface area contributed by atoms with Gasteiger partial charge in [0.05, 0.1) is 0 Å². The van der Waals surface area contributed by atoms with Gasteiger partial charge in [-0.3, -0.25) is 4.98 Å². The predicted octanol–water partition coefficient (Wildman–Crippen LogP) is 2.35. The number of aryl methyl sites for hydroxylation is 1. The lowest BCUT2D eigenvalue weighted by atomic mass is 10.1. The number of rotatable bonds is 3. The zero-order chi connectivity index (χ0) is 14.1. The third-order valence-electron chi connectivity index (χ3n) is 3.42. The van der Waals surface area contributed by atoms with E-state index in [4.69, 9.17) is 11.6 Å². The van der Waals surface area contributed by atoms with Crippen LogP contribution in [-0.4, -0.2) is 14.6 Å². The summed E-state index contributed by atoms with van der Waals surface area (Å²) in [7, 11) is 0. The van der Waals surface area contributed by atoms with Crippen LogP contribution in [0.2, 0.25) is 0 Å². The highest BCUT2D eigenvalue weighted by Gasteiger charge is 2.16. The number of nitrogens with two attached hydrogens (primary N) is 2. The molecule has 0 aliphatic carbocycles. The Hall–Kier alpha value is -2.56. The van der Waals surface area contributed by atoms with Crippen LogP contribution in [0.15, 0.2) is 36.7 Å². The summed E-state index contributed by atoms with van der Waals surface area (Å²) in [5.74, 6) is 7.26. The molecule has 0 fully saturated rings. The normalized spacial score (nSPS) is 11.1. The van der Waals surface area contributed by atoms with Crippen LogP contribution in [0, 0.1) is 0 Å². The highest BCUT2D eigenvalue weighted by molar-refractivity contribution is 5.96. The summed E-state index contributed by atoms with van der Waals surface area (Å²) in [6.45, 7) is 2.09. The van der Waals surface area contributed by atoms with Gasteiger partial charge in [0, 0.05) is 29.8 Å². The molecule has 0 amide bonds. The van der Waals surface area contributed by atoms with Crippen LogP contribution in [-0.2, 0) is 6.42 Å². The molecule has 1 aromatic carbocycles. The second-order valence-electron chi connectivity index (χ2n) is 4.79. The van der Waals surface area contributed by atoms with E-state index in [-0.39, 0.29) is 0 Å². The Labute approximate surface area is 117 Å². The molecular weight excluding hydrogens is 250 g/mol. The minimum Gasteiger partial charge on any atom is -0.382 e. The Kier molecular flexibility index (Phi) is 3.02. The summed E-state index contributed by atoms with van der Waals surface area (Å²) in [5.41, 5.74) is 7.73. The quantitative estimate of drug-likeness (QED) is 0.713. The van der Waals surface area contributed by atoms with E-state index in [1.165, 1.54) is 4.68 Å². The van der Waals surface area contributed by atoms with Gasteiger partial charge in [-0.25, -0.2) is 9.66 Å². The van der Waals surface area contributed by atoms with Gasteiger partial charge in [-0.05, 0) is 11.8 Å². The molecule has 0 atom stereocenters. The number of imidazole rings is 1. The first-order chi connectivity index (χ1) is 9.72. The lowest BCUT2D eigenvalue weighted by Gasteiger charge is -2.04. The van der Waals surface area contributed by atoms with E-state index in [2.05, 4.69) is 16.9 Å². The molecule has 102 valence electrons. The average Bonchev–Trinajstić information content (AvgIpc) is 2.76. The second-order valence-corrected chi connectivity index (χ2v) is 4.79. The van der Waals surface area contributed by atoms with Crippen molar-refractivity contribution in [3.63, 3.8) is 0 Å². The van der Waals surface area contributed by atoms with Crippen LogP contribution < -0.4 is 11.6 Å². The zero-order valence-electron chi connectivity index (χ0n) is 11.4. The molecule has 20 heavy (non-hydrogen) atoms. The monoisotopic (exact) mass is 267 g/mol. The SMILES string of the molecule is CCCc1nc(-c2cncc3ccccc23)c(N)n1N. The molecule has 0 spiro atoms. The number of fused-ring (bicyclic) bond motifs is 1. The first kappa shape index (κ1) is 12.5. The molecule has 0 radical (unpaired) electrons. The smallest absolute Gasteiger partial charge is 0.150 e. The van der Waals surface area contributed by atoms with E-state index >= 15 is 0 Å². The van der Waals surface area contributed by atoms with Gasteiger partial charge in [0.15, 0.2) is 5.82 Å². The van der Waals surface area contributed by atoms with Crippen molar-refractivity contribution in [1.82, 2.24) is 14.6 Å². The van der Waals surface area contributed by atoms with Crippen LogP contribution in [0.5, 0.6) is 0 Å². The van der Waals surface area contributed by atoms with Crippen LogP contribution in [0.3, 0.4) is 0 Å². The topological polar surface area (TPSA) is 82.8 Å². The maximum atomic E-state index is 6.10. The Morgan fingerprint density at radius 2 is 2.00 bits per heavy atom. The number of anilines is 1. The van der Waals surface area contributed by atoms with Crippen LogP contribution in [0.25, 0.3) is 22.0 Å². The average molecular weight is 267 g/mol. The first-order valence-corrected chi connectivity index (χ1v) is 6.67. The molecule has 3 aromatic rings. The lowest BCUT2D eigenvalue weighted by Crippen LogP contribution is -2.15. The number of benzene rings is 1. The summed E-state index contributed by atoms with van der Waals surface area (Å²) in [5, 5.41) is 2.14. The molecule has 0 saturated carbocycles. The van der Waals surface area contributed by atoms with Gasteiger partial charge in [0.25, 0.3) is 0 Å². The fourth-order valence-corrected chi connectivity index (χ4v) is 2.40. The van der Waals surface area contributed by atoms with Crippen LogP contribution in [0.4, 0.5) is 5.82 Å². The third kappa shape index (κ3) is 1.87. The van der Waals surface area contributed by atoms with E-state index in [9.17, 15) is 0 Å². The molecule has 0 aliphatic rings. The standard InChI is InChI=1S/C15H17N5/c1-2-5-13-19-14(15(16)20(13)17)12-9-18-8-10-6-3-4-7-11(10)12/h3-4,6-9H,2,5,16-17H2,1H3. The van der Waals surface area contributed by atoms with Gasteiger partial charge in [-0.2, -0.15) is 0 Å². The van der Waals surface area contributed by atoms with Crippen LogP contribution in [0.1, 0.15) is 19.2 Å². The Bertz CT molecular complexity index is 755. The molecule has 0 aliphatic heterocycles. The van der Waals surface area contributed by atoms with Gasteiger partial charge >= 0.3 is 0 Å². The third-order valence-corrected chi connectivity index (χ3v) is 3.42. The highest BCUT2D eigenvalue weighted by atomic mass is 15.4. The number of pyridine rings is 1. The molecule has 3 rings (SSSR count). The van der Waals surface area contributed by atoms with E-state index in [0.717, 1.165) is 35.0 Å². The Morgan fingerprint density at radius 1 is 1.20 bits per heavy atom. The van der Waals surface area contributed by atoms with Crippen molar-refractivity contribution in [3.8, 4) is 11.3 Å². The minimum atomic E-state index is 0.478. The Balaban J connectivity index is 2.23. The number of nitrogen functional groups attached to an aromatic ring is 2. The molecule has 2 heterocycles. The van der Waals surface area contributed by atoms with Gasteiger partial charge in [-0.15, -0.1) is 0 Å². The highest BCUT2D eigenvalue weighted by Crippen LogP contribution is 2.30. The zero-order valence-corrected chi connectivity index (χ0v) is 11.4. The van der Waals surface area contributed by atoms with Crippen molar-refractivity contribution in [3.05, 3.63) is 42.5 Å². The maximum absolute atomic E-state index is 6.10. The number of hydrogen-bond acceptors (Lipinski definition) is 4. The number of nitrogens with zero attached hydrogens (tertiary/aromatic N) is 3. The fraction of sp³-hybridized carbons (Fsp3) is 0.200. The summed E-state index contributed by atoms with van der Waals surface area (Å²) >= 11 is 0.